The fourth-order valence-corrected chi connectivity index (χ4v) is 1.36. The van der Waals surface area contributed by atoms with E-state index in [-0.39, 0.29) is 5.91 Å². The van der Waals surface area contributed by atoms with Gasteiger partial charge in [0.25, 0.3) is 0 Å². The maximum atomic E-state index is 10.4. The summed E-state index contributed by atoms with van der Waals surface area (Å²) in [5, 5.41) is 3.28. The van der Waals surface area contributed by atoms with Gasteiger partial charge >= 0.3 is 0 Å². The Morgan fingerprint density at radius 3 is 3.09 bits per heavy atom. The molecule has 3 N–H and O–H groups in total. The highest BCUT2D eigenvalue weighted by molar-refractivity contribution is 5.74. The SMILES string of the molecule is NC(=O)C[CH]C1CCCNC1. The average Bonchev–Trinajstić information content (AvgIpc) is 2.03. The second-order valence-corrected chi connectivity index (χ2v) is 3.01. The molecule has 1 radical (unpaired) electrons. The van der Waals surface area contributed by atoms with Gasteiger partial charge in [0.05, 0.1) is 0 Å². The number of hydrogen-bond acceptors (Lipinski definition) is 2. The maximum absolute atomic E-state index is 10.4. The lowest BCUT2D eigenvalue weighted by molar-refractivity contribution is -0.117. The molecule has 0 aromatic heterocycles. The molecule has 1 saturated heterocycles. The van der Waals surface area contributed by atoms with Crippen molar-refractivity contribution in [3.05, 3.63) is 6.42 Å². The molecule has 1 amide bonds. The van der Waals surface area contributed by atoms with Crippen LogP contribution in [0.1, 0.15) is 19.3 Å². The standard InChI is InChI=1S/C8H15N2O/c9-8(11)4-3-7-2-1-5-10-6-7/h3,7,10H,1-2,4-6H2,(H2,9,11). The highest BCUT2D eigenvalue weighted by Gasteiger charge is 2.13. The molecule has 0 saturated carbocycles. The Kier molecular flexibility index (Phi) is 3.36. The van der Waals surface area contributed by atoms with Crippen molar-refractivity contribution in [1.82, 2.24) is 5.32 Å². The van der Waals surface area contributed by atoms with Gasteiger partial charge in [0.15, 0.2) is 0 Å². The van der Waals surface area contributed by atoms with Crippen molar-refractivity contribution in [1.29, 1.82) is 0 Å². The van der Waals surface area contributed by atoms with Gasteiger partial charge < -0.3 is 11.1 Å². The number of carbonyl (C=O) groups excluding carboxylic acids is 1. The number of rotatable bonds is 3. The molecule has 0 aliphatic carbocycles. The summed E-state index contributed by atoms with van der Waals surface area (Å²) in [7, 11) is 0. The molecule has 11 heavy (non-hydrogen) atoms. The molecular weight excluding hydrogens is 140 g/mol. The number of amides is 1. The van der Waals surface area contributed by atoms with E-state index in [1.165, 1.54) is 12.8 Å². The van der Waals surface area contributed by atoms with Crippen molar-refractivity contribution < 1.29 is 4.79 Å². The summed E-state index contributed by atoms with van der Waals surface area (Å²) < 4.78 is 0. The van der Waals surface area contributed by atoms with E-state index in [4.69, 9.17) is 5.73 Å². The minimum absolute atomic E-state index is 0.226. The van der Waals surface area contributed by atoms with Crippen LogP contribution in [0.5, 0.6) is 0 Å². The number of piperidine rings is 1. The molecule has 1 aliphatic rings. The second kappa shape index (κ2) is 4.34. The summed E-state index contributed by atoms with van der Waals surface area (Å²) in [6.07, 6.45) is 4.85. The van der Waals surface area contributed by atoms with Crippen LogP contribution in [0, 0.1) is 12.3 Å². The normalized spacial score (nSPS) is 24.9. The van der Waals surface area contributed by atoms with Gasteiger partial charge in [-0.15, -0.1) is 0 Å². The van der Waals surface area contributed by atoms with Gasteiger partial charge in [0.2, 0.25) is 5.91 Å². The monoisotopic (exact) mass is 155 g/mol. The molecule has 1 atom stereocenters. The van der Waals surface area contributed by atoms with Gasteiger partial charge in [-0.3, -0.25) is 4.79 Å². The minimum atomic E-state index is -0.226. The van der Waals surface area contributed by atoms with Gasteiger partial charge in [0.1, 0.15) is 0 Å². The van der Waals surface area contributed by atoms with E-state index in [0.717, 1.165) is 13.1 Å². The first-order valence-corrected chi connectivity index (χ1v) is 4.11. The second-order valence-electron chi connectivity index (χ2n) is 3.01. The Balaban J connectivity index is 2.09. The first-order valence-electron chi connectivity index (χ1n) is 4.11. The number of hydrogen-bond donors (Lipinski definition) is 2. The zero-order chi connectivity index (χ0) is 8.10. The number of primary amides is 1. The van der Waals surface area contributed by atoms with Crippen LogP contribution in [-0.4, -0.2) is 19.0 Å². The van der Waals surface area contributed by atoms with E-state index >= 15 is 0 Å². The van der Waals surface area contributed by atoms with E-state index in [9.17, 15) is 4.79 Å². The van der Waals surface area contributed by atoms with E-state index < -0.39 is 0 Å². The lowest BCUT2D eigenvalue weighted by Crippen LogP contribution is -2.30. The number of nitrogens with one attached hydrogen (secondary N) is 1. The smallest absolute Gasteiger partial charge is 0.217 e. The van der Waals surface area contributed by atoms with Gasteiger partial charge in [-0.05, 0) is 38.3 Å². The molecule has 1 rings (SSSR count). The Bertz CT molecular complexity index is 130. The molecular formula is C8H15N2O. The highest BCUT2D eigenvalue weighted by Crippen LogP contribution is 2.14. The van der Waals surface area contributed by atoms with Crippen LogP contribution in [0.4, 0.5) is 0 Å². The van der Waals surface area contributed by atoms with Crippen molar-refractivity contribution in [3.63, 3.8) is 0 Å². The zero-order valence-electron chi connectivity index (χ0n) is 6.68. The molecule has 63 valence electrons. The molecule has 1 heterocycles. The molecule has 0 aromatic carbocycles. The fraction of sp³-hybridized carbons (Fsp3) is 0.750. The summed E-state index contributed by atoms with van der Waals surface area (Å²) in [5.74, 6) is 0.326. The van der Waals surface area contributed by atoms with E-state index in [0.29, 0.717) is 12.3 Å². The van der Waals surface area contributed by atoms with Crippen LogP contribution >= 0.6 is 0 Å². The van der Waals surface area contributed by atoms with Crippen LogP contribution in [0.2, 0.25) is 0 Å². The number of carbonyl (C=O) groups is 1. The Morgan fingerprint density at radius 1 is 1.73 bits per heavy atom. The lowest BCUT2D eigenvalue weighted by Gasteiger charge is -2.21. The van der Waals surface area contributed by atoms with Crippen LogP contribution in [0.25, 0.3) is 0 Å². The Hall–Kier alpha value is -0.570. The first kappa shape index (κ1) is 8.53. The molecule has 1 unspecified atom stereocenters. The highest BCUT2D eigenvalue weighted by atomic mass is 16.1. The zero-order valence-corrected chi connectivity index (χ0v) is 6.68. The molecule has 0 aromatic rings. The van der Waals surface area contributed by atoms with E-state index in [1.807, 2.05) is 6.42 Å². The maximum Gasteiger partial charge on any atom is 0.217 e. The topological polar surface area (TPSA) is 55.1 Å². The van der Waals surface area contributed by atoms with Crippen molar-refractivity contribution in [2.75, 3.05) is 13.1 Å². The summed E-state index contributed by atoms with van der Waals surface area (Å²) >= 11 is 0. The first-order chi connectivity index (χ1) is 5.29. The lowest BCUT2D eigenvalue weighted by atomic mass is 9.95. The summed E-state index contributed by atoms with van der Waals surface area (Å²) in [6, 6.07) is 0. The minimum Gasteiger partial charge on any atom is -0.370 e. The van der Waals surface area contributed by atoms with Crippen molar-refractivity contribution in [3.8, 4) is 0 Å². The van der Waals surface area contributed by atoms with E-state index in [2.05, 4.69) is 5.32 Å². The van der Waals surface area contributed by atoms with Crippen LogP contribution < -0.4 is 11.1 Å². The van der Waals surface area contributed by atoms with Crippen LogP contribution in [0.3, 0.4) is 0 Å². The van der Waals surface area contributed by atoms with Crippen molar-refractivity contribution >= 4 is 5.91 Å². The van der Waals surface area contributed by atoms with Gasteiger partial charge in [-0.25, -0.2) is 0 Å². The molecule has 0 spiro atoms. The van der Waals surface area contributed by atoms with E-state index in [1.54, 1.807) is 0 Å². The molecule has 3 heteroatoms. The largest absolute Gasteiger partial charge is 0.370 e. The Morgan fingerprint density at radius 2 is 2.55 bits per heavy atom. The number of nitrogens with two attached hydrogens (primary N) is 1. The molecule has 1 aliphatic heterocycles. The summed E-state index contributed by atoms with van der Waals surface area (Å²) in [5.41, 5.74) is 5.02. The van der Waals surface area contributed by atoms with Crippen LogP contribution in [-0.2, 0) is 4.79 Å². The Labute approximate surface area is 67.3 Å². The molecule has 0 bridgehead atoms. The third-order valence-corrected chi connectivity index (χ3v) is 1.99. The fourth-order valence-electron chi connectivity index (χ4n) is 1.36. The third kappa shape index (κ3) is 3.37. The van der Waals surface area contributed by atoms with Gasteiger partial charge in [0, 0.05) is 6.42 Å². The molecule has 3 nitrogen and oxygen atoms in total. The van der Waals surface area contributed by atoms with Crippen molar-refractivity contribution in [2.45, 2.75) is 19.3 Å². The quantitative estimate of drug-likeness (QED) is 0.605. The predicted octanol–water partition coefficient (Wildman–Crippen LogP) is 0.0657. The predicted molar refractivity (Wildman–Crippen MR) is 43.7 cm³/mol. The third-order valence-electron chi connectivity index (χ3n) is 1.99. The summed E-state index contributed by atoms with van der Waals surface area (Å²) in [4.78, 5) is 10.4. The summed E-state index contributed by atoms with van der Waals surface area (Å²) in [6.45, 7) is 2.12. The van der Waals surface area contributed by atoms with Crippen molar-refractivity contribution in [2.24, 2.45) is 11.7 Å². The van der Waals surface area contributed by atoms with Crippen LogP contribution in [0.15, 0.2) is 0 Å². The van der Waals surface area contributed by atoms with Gasteiger partial charge in [-0.1, -0.05) is 0 Å². The molecule has 1 fully saturated rings. The van der Waals surface area contributed by atoms with Gasteiger partial charge in [-0.2, -0.15) is 0 Å². The average molecular weight is 155 g/mol.